The first-order valence-corrected chi connectivity index (χ1v) is 12.5. The van der Waals surface area contributed by atoms with Crippen LogP contribution in [0.5, 0.6) is 0 Å². The van der Waals surface area contributed by atoms with Crippen molar-refractivity contribution in [3.05, 3.63) is 0 Å². The summed E-state index contributed by atoms with van der Waals surface area (Å²) in [6.45, 7) is 6.04. The van der Waals surface area contributed by atoms with Crippen LogP contribution in [0.1, 0.15) is 51.9 Å². The van der Waals surface area contributed by atoms with Gasteiger partial charge in [0.05, 0.1) is 5.75 Å². The fourth-order valence-corrected chi connectivity index (χ4v) is 8.02. The van der Waals surface area contributed by atoms with Crippen molar-refractivity contribution >= 4 is 15.9 Å². The van der Waals surface area contributed by atoms with E-state index in [0.29, 0.717) is 19.5 Å². The van der Waals surface area contributed by atoms with Crippen LogP contribution in [0.3, 0.4) is 0 Å². The van der Waals surface area contributed by atoms with Crippen LogP contribution >= 0.6 is 0 Å². The highest BCUT2D eigenvalue weighted by Crippen LogP contribution is 2.61. The Bertz CT molecular complexity index is 620. The van der Waals surface area contributed by atoms with Crippen LogP contribution in [0.25, 0.3) is 0 Å². The maximum atomic E-state index is 12.5. The lowest BCUT2D eigenvalue weighted by atomic mass is 9.49. The van der Waals surface area contributed by atoms with E-state index in [4.69, 9.17) is 0 Å². The van der Waals surface area contributed by atoms with Gasteiger partial charge >= 0.3 is 0 Å². The summed E-state index contributed by atoms with van der Waals surface area (Å²) in [5.41, 5.74) is 0.216. The molecule has 1 heterocycles. The molecule has 1 aliphatic heterocycles. The average molecular weight is 398 g/mol. The number of piperazine rings is 1. The molecule has 0 aromatic rings. The molecule has 0 aromatic heterocycles. The smallest absolute Gasteiger partial charge is 0.220 e. The van der Waals surface area contributed by atoms with Gasteiger partial charge in [-0.15, -0.1) is 0 Å². The van der Waals surface area contributed by atoms with Crippen LogP contribution in [0.2, 0.25) is 0 Å². The second kappa shape index (κ2) is 7.64. The Labute approximate surface area is 164 Å². The second-order valence-corrected chi connectivity index (χ2v) is 11.7. The molecule has 1 saturated heterocycles. The van der Waals surface area contributed by atoms with Gasteiger partial charge in [-0.3, -0.25) is 4.79 Å². The molecule has 5 fully saturated rings. The Hall–Kier alpha value is -0.660. The average Bonchev–Trinajstić information content (AvgIpc) is 2.60. The molecule has 4 bridgehead atoms. The van der Waals surface area contributed by atoms with Crippen LogP contribution in [0, 0.1) is 23.2 Å². The number of carbonyl (C=O) groups is 1. The summed E-state index contributed by atoms with van der Waals surface area (Å²) in [5, 5.41) is 2.92. The minimum Gasteiger partial charge on any atom is -0.355 e. The van der Waals surface area contributed by atoms with Crippen LogP contribution in [0.4, 0.5) is 0 Å². The maximum Gasteiger partial charge on any atom is 0.220 e. The van der Waals surface area contributed by atoms with Crippen molar-refractivity contribution in [3.63, 3.8) is 0 Å². The zero-order valence-electron chi connectivity index (χ0n) is 16.7. The molecule has 154 valence electrons. The van der Waals surface area contributed by atoms with Gasteiger partial charge in [0.1, 0.15) is 0 Å². The van der Waals surface area contributed by atoms with Crippen LogP contribution < -0.4 is 5.32 Å². The maximum absolute atomic E-state index is 12.5. The monoisotopic (exact) mass is 397 g/mol. The van der Waals surface area contributed by atoms with E-state index in [2.05, 4.69) is 17.1 Å². The Morgan fingerprint density at radius 1 is 1.00 bits per heavy atom. The third kappa shape index (κ3) is 4.35. The van der Waals surface area contributed by atoms with E-state index < -0.39 is 10.0 Å². The zero-order valence-corrected chi connectivity index (χ0v) is 17.5. The summed E-state index contributed by atoms with van der Waals surface area (Å²) < 4.78 is 26.6. The van der Waals surface area contributed by atoms with Gasteiger partial charge in [-0.2, -0.15) is 4.31 Å². The van der Waals surface area contributed by atoms with Crippen LogP contribution in [-0.2, 0) is 14.8 Å². The molecule has 1 amide bonds. The van der Waals surface area contributed by atoms with Gasteiger partial charge < -0.3 is 10.2 Å². The van der Waals surface area contributed by atoms with Crippen molar-refractivity contribution in [2.24, 2.45) is 23.2 Å². The molecular weight excluding hydrogens is 362 g/mol. The van der Waals surface area contributed by atoms with Gasteiger partial charge in [0.2, 0.25) is 15.9 Å². The van der Waals surface area contributed by atoms with Crippen molar-refractivity contribution < 1.29 is 13.2 Å². The Morgan fingerprint density at radius 2 is 1.56 bits per heavy atom. The lowest BCUT2D eigenvalue weighted by Crippen LogP contribution is -2.50. The number of hydrogen-bond acceptors (Lipinski definition) is 4. The van der Waals surface area contributed by atoms with Crippen molar-refractivity contribution in [3.8, 4) is 0 Å². The molecule has 27 heavy (non-hydrogen) atoms. The molecule has 0 aromatic carbocycles. The number of hydrogen-bond donors (Lipinski definition) is 1. The van der Waals surface area contributed by atoms with Gasteiger partial charge in [0.15, 0.2) is 0 Å². The second-order valence-electron chi connectivity index (χ2n) is 9.59. The molecule has 0 radical (unpaired) electrons. The molecule has 5 rings (SSSR count). The van der Waals surface area contributed by atoms with E-state index in [1.807, 2.05) is 0 Å². The normalized spacial score (nSPS) is 36.9. The first kappa shape index (κ1) is 19.6. The number of carbonyl (C=O) groups excluding carboxylic acids is 1. The first-order valence-electron chi connectivity index (χ1n) is 10.8. The van der Waals surface area contributed by atoms with Gasteiger partial charge in [0, 0.05) is 39.1 Å². The van der Waals surface area contributed by atoms with E-state index >= 15 is 0 Å². The highest BCUT2D eigenvalue weighted by molar-refractivity contribution is 7.89. The predicted octanol–water partition coefficient (Wildman–Crippen LogP) is 1.68. The topological polar surface area (TPSA) is 69.7 Å². The van der Waals surface area contributed by atoms with Gasteiger partial charge in [-0.1, -0.05) is 6.92 Å². The van der Waals surface area contributed by atoms with E-state index in [-0.39, 0.29) is 23.6 Å². The van der Waals surface area contributed by atoms with E-state index in [0.717, 1.165) is 37.4 Å². The summed E-state index contributed by atoms with van der Waals surface area (Å²) in [4.78, 5) is 14.8. The number of rotatable bonds is 7. The van der Waals surface area contributed by atoms with Crippen molar-refractivity contribution in [2.45, 2.75) is 51.9 Å². The standard InChI is InChI=1S/C20H35N3O3S/c1-2-22-4-6-23(7-5-22)27(25,26)8-3-21-19(24)15-20-12-16-9-17(13-20)11-18(10-16)14-20/h16-18H,2-15H2,1H3,(H,21,24). The highest BCUT2D eigenvalue weighted by atomic mass is 32.2. The molecule has 7 heteroatoms. The van der Waals surface area contributed by atoms with E-state index in [1.54, 1.807) is 4.31 Å². The minimum absolute atomic E-state index is 0.0196. The molecule has 6 nitrogen and oxygen atoms in total. The SMILES string of the molecule is CCN1CCN(S(=O)(=O)CCNC(=O)CC23CC4CC(CC(C4)C2)C3)CC1. The van der Waals surface area contributed by atoms with E-state index in [1.165, 1.54) is 38.5 Å². The number of nitrogens with one attached hydrogen (secondary N) is 1. The summed E-state index contributed by atoms with van der Waals surface area (Å²) >= 11 is 0. The Kier molecular flexibility index (Phi) is 5.56. The molecule has 0 atom stereocenters. The fourth-order valence-electron chi connectivity index (χ4n) is 6.68. The quantitative estimate of drug-likeness (QED) is 0.710. The third-order valence-corrected chi connectivity index (χ3v) is 9.43. The molecule has 4 saturated carbocycles. The van der Waals surface area contributed by atoms with Gasteiger partial charge in [-0.25, -0.2) is 8.42 Å². The van der Waals surface area contributed by atoms with E-state index in [9.17, 15) is 13.2 Å². The highest BCUT2D eigenvalue weighted by Gasteiger charge is 2.51. The molecule has 0 unspecified atom stereocenters. The fraction of sp³-hybridized carbons (Fsp3) is 0.950. The number of likely N-dealkylation sites (N-methyl/N-ethyl adjacent to an activating group) is 1. The molecular formula is C20H35N3O3S. The Balaban J connectivity index is 1.23. The predicted molar refractivity (Wildman–Crippen MR) is 106 cm³/mol. The lowest BCUT2D eigenvalue weighted by molar-refractivity contribution is -0.129. The summed E-state index contributed by atoms with van der Waals surface area (Å²) in [5.74, 6) is 2.60. The lowest BCUT2D eigenvalue weighted by Gasteiger charge is -2.56. The summed E-state index contributed by atoms with van der Waals surface area (Å²) in [6.07, 6.45) is 8.39. The third-order valence-electron chi connectivity index (χ3n) is 7.55. The van der Waals surface area contributed by atoms with Crippen molar-refractivity contribution in [1.29, 1.82) is 0 Å². The Morgan fingerprint density at radius 3 is 2.07 bits per heavy atom. The molecule has 5 aliphatic rings. The van der Waals surface area contributed by atoms with Crippen molar-refractivity contribution in [2.75, 3.05) is 45.0 Å². The molecule has 4 aliphatic carbocycles. The summed E-state index contributed by atoms with van der Waals surface area (Å²) in [7, 11) is -3.27. The largest absolute Gasteiger partial charge is 0.355 e. The molecule has 1 N–H and O–H groups in total. The number of sulfonamides is 1. The zero-order chi connectivity index (χ0) is 19.1. The van der Waals surface area contributed by atoms with Crippen molar-refractivity contribution in [1.82, 2.24) is 14.5 Å². The van der Waals surface area contributed by atoms with Crippen LogP contribution in [0.15, 0.2) is 0 Å². The van der Waals surface area contributed by atoms with Gasteiger partial charge in [-0.05, 0) is 68.2 Å². The minimum atomic E-state index is -3.27. The van der Waals surface area contributed by atoms with Crippen LogP contribution in [-0.4, -0.2) is 68.6 Å². The number of amides is 1. The van der Waals surface area contributed by atoms with Gasteiger partial charge in [0.25, 0.3) is 0 Å². The molecule has 0 spiro atoms. The number of nitrogens with zero attached hydrogens (tertiary/aromatic N) is 2. The summed E-state index contributed by atoms with van der Waals surface area (Å²) in [6, 6.07) is 0. The first-order chi connectivity index (χ1) is 12.9.